The van der Waals surface area contributed by atoms with E-state index in [0.717, 1.165) is 0 Å². The van der Waals surface area contributed by atoms with E-state index in [2.05, 4.69) is 26.1 Å². The van der Waals surface area contributed by atoms with Crippen molar-refractivity contribution in [3.8, 4) is 11.4 Å². The number of phenolic OH excluding ortho intramolecular Hbond substituents is 1. The number of imidazole rings is 1. The summed E-state index contributed by atoms with van der Waals surface area (Å²) in [5.41, 5.74) is 1.40. The molecule has 118 valence electrons. The first-order valence-corrected chi connectivity index (χ1v) is 7.80. The number of phenols is 1. The number of nitrogens with zero attached hydrogens (tertiary/aromatic N) is 3. The zero-order valence-electron chi connectivity index (χ0n) is 12.1. The van der Waals surface area contributed by atoms with Crippen LogP contribution in [0, 0.1) is 10.7 Å². The van der Waals surface area contributed by atoms with E-state index in [9.17, 15) is 14.4 Å². The first-order valence-electron chi connectivity index (χ1n) is 7.01. The molecule has 24 heavy (non-hydrogen) atoms. The molecule has 3 aromatic carbocycles. The maximum Gasteiger partial charge on any atom is 0.149 e. The average Bonchev–Trinajstić information content (AvgIpc) is 3.03. The summed E-state index contributed by atoms with van der Waals surface area (Å²) in [7, 11) is 0. The average molecular weight is 386 g/mol. The summed E-state index contributed by atoms with van der Waals surface area (Å²) in [6.07, 6.45) is 1.47. The second-order valence-corrected chi connectivity index (χ2v) is 6.10. The minimum atomic E-state index is -0.395. The van der Waals surface area contributed by atoms with Gasteiger partial charge in [0.15, 0.2) is 0 Å². The van der Waals surface area contributed by atoms with E-state index >= 15 is 0 Å². The van der Waals surface area contributed by atoms with Crippen molar-refractivity contribution in [3.63, 3.8) is 0 Å². The van der Waals surface area contributed by atoms with Gasteiger partial charge < -0.3 is 5.11 Å². The molecule has 0 amide bonds. The Hall–Kier alpha value is -2.80. The molecule has 0 aliphatic heterocycles. The zero-order chi connectivity index (χ0) is 16.8. The second-order valence-electron chi connectivity index (χ2n) is 5.24. The van der Waals surface area contributed by atoms with Gasteiger partial charge in [-0.15, -0.1) is 4.91 Å². The highest BCUT2D eigenvalue weighted by Gasteiger charge is 2.19. The van der Waals surface area contributed by atoms with Crippen molar-refractivity contribution in [3.05, 3.63) is 64.0 Å². The number of aromatic hydroxyl groups is 1. The van der Waals surface area contributed by atoms with E-state index in [4.69, 9.17) is 0 Å². The lowest BCUT2D eigenvalue weighted by Crippen LogP contribution is -1.94. The fraction of sp³-hybridized carbons (Fsp3) is 0. The Morgan fingerprint density at radius 3 is 2.62 bits per heavy atom. The van der Waals surface area contributed by atoms with Crippen LogP contribution in [-0.2, 0) is 0 Å². The Labute approximate surface area is 143 Å². The van der Waals surface area contributed by atoms with Crippen molar-refractivity contribution in [2.24, 2.45) is 5.18 Å². The monoisotopic (exact) mass is 385 g/mol. The standard InChI is InChI=1S/C17H9BrFN3O2/c18-12-7-9(5-6-13(12)19)22-8-20-15-14(21-24)10-3-1-2-4-11(10)17(23)16(15)22/h1-8,23H. The lowest BCUT2D eigenvalue weighted by Gasteiger charge is -2.09. The van der Waals surface area contributed by atoms with Gasteiger partial charge in [0, 0.05) is 16.5 Å². The van der Waals surface area contributed by atoms with Crippen molar-refractivity contribution < 1.29 is 9.50 Å². The minimum Gasteiger partial charge on any atom is -0.505 e. The van der Waals surface area contributed by atoms with Crippen LogP contribution in [0.15, 0.2) is 58.4 Å². The molecule has 0 aliphatic rings. The van der Waals surface area contributed by atoms with Crippen LogP contribution in [0.2, 0.25) is 0 Å². The summed E-state index contributed by atoms with van der Waals surface area (Å²) in [6.45, 7) is 0. The lowest BCUT2D eigenvalue weighted by molar-refractivity contribution is 0.486. The second kappa shape index (κ2) is 5.38. The number of rotatable bonds is 2. The molecule has 4 rings (SSSR count). The van der Waals surface area contributed by atoms with Gasteiger partial charge in [0.25, 0.3) is 0 Å². The van der Waals surface area contributed by atoms with E-state index in [0.29, 0.717) is 27.5 Å². The molecule has 0 aliphatic carbocycles. The Balaban J connectivity index is 2.14. The third-order valence-corrected chi connectivity index (χ3v) is 4.53. The van der Waals surface area contributed by atoms with Crippen LogP contribution in [0.5, 0.6) is 5.75 Å². The molecule has 0 spiro atoms. The van der Waals surface area contributed by atoms with Gasteiger partial charge in [-0.25, -0.2) is 9.37 Å². The van der Waals surface area contributed by atoms with Gasteiger partial charge >= 0.3 is 0 Å². The molecule has 5 nitrogen and oxygen atoms in total. The maximum atomic E-state index is 13.5. The summed E-state index contributed by atoms with van der Waals surface area (Å²) in [6, 6.07) is 11.4. The molecule has 0 unspecified atom stereocenters. The van der Waals surface area contributed by atoms with Gasteiger partial charge in [0.05, 0.1) is 4.47 Å². The third-order valence-electron chi connectivity index (χ3n) is 3.93. The number of benzene rings is 3. The Morgan fingerprint density at radius 2 is 1.92 bits per heavy atom. The molecule has 1 heterocycles. The molecule has 1 aromatic heterocycles. The number of nitroso groups, excluding NO2 is 1. The highest BCUT2D eigenvalue weighted by atomic mass is 79.9. The minimum absolute atomic E-state index is 0.00838. The Morgan fingerprint density at radius 1 is 1.17 bits per heavy atom. The number of fused-ring (bicyclic) bond motifs is 2. The summed E-state index contributed by atoms with van der Waals surface area (Å²) in [4.78, 5) is 15.6. The molecule has 4 aromatic rings. The smallest absolute Gasteiger partial charge is 0.149 e. The predicted octanol–water partition coefficient (Wildman–Crippen LogP) is 5.18. The van der Waals surface area contributed by atoms with Gasteiger partial charge in [-0.1, -0.05) is 24.3 Å². The first kappa shape index (κ1) is 14.8. The molecule has 1 N–H and O–H groups in total. The molecule has 0 atom stereocenters. The van der Waals surface area contributed by atoms with Gasteiger partial charge in [-0.3, -0.25) is 4.57 Å². The van der Waals surface area contributed by atoms with Crippen LogP contribution in [0.25, 0.3) is 27.5 Å². The Kier molecular flexibility index (Phi) is 3.31. The van der Waals surface area contributed by atoms with Crippen molar-refractivity contribution >= 4 is 43.4 Å². The van der Waals surface area contributed by atoms with Crippen molar-refractivity contribution in [1.82, 2.24) is 9.55 Å². The van der Waals surface area contributed by atoms with Crippen LogP contribution in [-0.4, -0.2) is 14.7 Å². The summed E-state index contributed by atoms with van der Waals surface area (Å²) in [5, 5.41) is 14.8. The van der Waals surface area contributed by atoms with Crippen molar-refractivity contribution in [2.75, 3.05) is 0 Å². The van der Waals surface area contributed by atoms with E-state index < -0.39 is 5.82 Å². The number of halogens is 2. The van der Waals surface area contributed by atoms with E-state index in [-0.39, 0.29) is 15.9 Å². The first-order chi connectivity index (χ1) is 11.6. The molecule has 0 radical (unpaired) electrons. The van der Waals surface area contributed by atoms with Crippen molar-refractivity contribution in [2.45, 2.75) is 0 Å². The number of aromatic nitrogens is 2. The van der Waals surface area contributed by atoms with E-state index in [1.54, 1.807) is 41.0 Å². The predicted molar refractivity (Wildman–Crippen MR) is 93.4 cm³/mol. The summed E-state index contributed by atoms with van der Waals surface area (Å²) < 4.78 is 15.4. The number of hydrogen-bond acceptors (Lipinski definition) is 4. The fourth-order valence-electron chi connectivity index (χ4n) is 2.82. The van der Waals surface area contributed by atoms with E-state index in [1.807, 2.05) is 0 Å². The van der Waals surface area contributed by atoms with Crippen LogP contribution >= 0.6 is 15.9 Å². The quantitative estimate of drug-likeness (QED) is 0.483. The van der Waals surface area contributed by atoms with E-state index in [1.165, 1.54) is 12.4 Å². The fourth-order valence-corrected chi connectivity index (χ4v) is 3.19. The van der Waals surface area contributed by atoms with Crippen LogP contribution in [0.4, 0.5) is 10.1 Å². The maximum absolute atomic E-state index is 13.5. The third kappa shape index (κ3) is 2.01. The van der Waals surface area contributed by atoms with Crippen LogP contribution in [0.3, 0.4) is 0 Å². The molecular formula is C17H9BrFN3O2. The van der Waals surface area contributed by atoms with Gasteiger partial charge in [-0.05, 0) is 39.3 Å². The van der Waals surface area contributed by atoms with Crippen LogP contribution < -0.4 is 0 Å². The summed E-state index contributed by atoms with van der Waals surface area (Å²) >= 11 is 3.14. The molecular weight excluding hydrogens is 377 g/mol. The lowest BCUT2D eigenvalue weighted by atomic mass is 10.1. The number of hydrogen-bond donors (Lipinski definition) is 1. The largest absolute Gasteiger partial charge is 0.505 e. The van der Waals surface area contributed by atoms with Gasteiger partial charge in [0.2, 0.25) is 0 Å². The molecule has 0 saturated carbocycles. The molecule has 0 fully saturated rings. The highest BCUT2D eigenvalue weighted by molar-refractivity contribution is 9.10. The van der Waals surface area contributed by atoms with Gasteiger partial charge in [-0.2, -0.15) is 0 Å². The molecule has 0 bridgehead atoms. The van der Waals surface area contributed by atoms with Crippen molar-refractivity contribution in [1.29, 1.82) is 0 Å². The highest BCUT2D eigenvalue weighted by Crippen LogP contribution is 2.42. The molecule has 0 saturated heterocycles. The van der Waals surface area contributed by atoms with Gasteiger partial charge in [0.1, 0.15) is 34.6 Å². The molecule has 7 heteroatoms. The normalized spacial score (nSPS) is 11.2. The Bertz CT molecular complexity index is 1120. The topological polar surface area (TPSA) is 67.5 Å². The summed E-state index contributed by atoms with van der Waals surface area (Å²) in [5.74, 6) is -0.404. The SMILES string of the molecule is O=Nc1c2ccccc2c(O)c2c1ncn2-c1ccc(F)c(Br)c1. The zero-order valence-corrected chi connectivity index (χ0v) is 13.7. The van der Waals surface area contributed by atoms with Crippen LogP contribution in [0.1, 0.15) is 0 Å².